The molecule has 2 aromatic rings. The Kier molecular flexibility index (Phi) is 3.06. The lowest BCUT2D eigenvalue weighted by Gasteiger charge is -2.10. The van der Waals surface area contributed by atoms with Gasteiger partial charge in [-0.05, 0) is 19.9 Å². The molecule has 0 aliphatic rings. The maximum absolute atomic E-state index is 12.0. The molecule has 2 rings (SSSR count). The van der Waals surface area contributed by atoms with Gasteiger partial charge in [-0.15, -0.1) is 0 Å². The summed E-state index contributed by atoms with van der Waals surface area (Å²) >= 11 is 0. The first kappa shape index (κ1) is 12.2. The molecule has 0 saturated heterocycles. The summed E-state index contributed by atoms with van der Waals surface area (Å²) in [6.07, 6.45) is 0. The van der Waals surface area contributed by atoms with Gasteiger partial charge in [-0.25, -0.2) is 4.79 Å². The van der Waals surface area contributed by atoms with Crippen LogP contribution in [0.1, 0.15) is 24.2 Å². The normalized spacial score (nSPS) is 10.8. The Morgan fingerprint density at radius 3 is 2.67 bits per heavy atom. The van der Waals surface area contributed by atoms with Crippen LogP contribution in [-0.4, -0.2) is 17.1 Å². The number of carbonyl (C=O) groups excluding carboxylic acids is 1. The number of nitrogens with one attached hydrogen (secondary N) is 1. The summed E-state index contributed by atoms with van der Waals surface area (Å²) in [7, 11) is 0. The van der Waals surface area contributed by atoms with E-state index in [-0.39, 0.29) is 17.2 Å². The Balaban J connectivity index is 2.71. The second-order valence-corrected chi connectivity index (χ2v) is 4.24. The largest absolute Gasteiger partial charge is 0.501 e. The molecule has 0 fully saturated rings. The minimum absolute atomic E-state index is 0.0458. The molecule has 2 N–H and O–H groups in total. The first-order valence-corrected chi connectivity index (χ1v) is 5.56. The van der Waals surface area contributed by atoms with Gasteiger partial charge in [-0.2, -0.15) is 0 Å². The van der Waals surface area contributed by atoms with Crippen molar-refractivity contribution in [1.29, 1.82) is 0 Å². The first-order valence-electron chi connectivity index (χ1n) is 5.56. The summed E-state index contributed by atoms with van der Waals surface area (Å²) in [5.74, 6) is -1.15. The van der Waals surface area contributed by atoms with Gasteiger partial charge in [0.15, 0.2) is 0 Å². The fourth-order valence-corrected chi connectivity index (χ4v) is 1.70. The maximum Gasteiger partial charge on any atom is 0.379 e. The van der Waals surface area contributed by atoms with Gasteiger partial charge >= 0.3 is 5.63 Å². The van der Waals surface area contributed by atoms with E-state index in [1.807, 2.05) is 0 Å². The van der Waals surface area contributed by atoms with Crippen LogP contribution in [-0.2, 0) is 0 Å². The molecule has 1 aromatic carbocycles. The van der Waals surface area contributed by atoms with Gasteiger partial charge in [0.05, 0.1) is 5.56 Å². The third-order valence-corrected chi connectivity index (χ3v) is 2.44. The Morgan fingerprint density at radius 1 is 1.33 bits per heavy atom. The summed E-state index contributed by atoms with van der Waals surface area (Å²) in [6.45, 7) is 3.59. The highest BCUT2D eigenvalue weighted by molar-refractivity contribution is 6.07. The predicted molar refractivity (Wildman–Crippen MR) is 66.8 cm³/mol. The number of fused-ring (bicyclic) bond motifs is 1. The van der Waals surface area contributed by atoms with Crippen molar-refractivity contribution >= 4 is 16.9 Å². The molecule has 94 valence electrons. The van der Waals surface area contributed by atoms with Crippen molar-refractivity contribution in [3.8, 4) is 5.75 Å². The Labute approximate surface area is 103 Å². The minimum Gasteiger partial charge on any atom is -0.501 e. The molecule has 0 radical (unpaired) electrons. The molecule has 18 heavy (non-hydrogen) atoms. The van der Waals surface area contributed by atoms with Crippen LogP contribution in [0, 0.1) is 0 Å². The highest BCUT2D eigenvalue weighted by atomic mass is 16.4. The molecule has 1 amide bonds. The molecule has 1 heterocycles. The van der Waals surface area contributed by atoms with Crippen LogP contribution < -0.4 is 10.9 Å². The van der Waals surface area contributed by atoms with Crippen molar-refractivity contribution in [1.82, 2.24) is 5.32 Å². The van der Waals surface area contributed by atoms with Crippen LogP contribution in [0.3, 0.4) is 0 Å². The van der Waals surface area contributed by atoms with Crippen LogP contribution in [0.15, 0.2) is 33.5 Å². The van der Waals surface area contributed by atoms with Crippen molar-refractivity contribution in [3.05, 3.63) is 40.2 Å². The van der Waals surface area contributed by atoms with E-state index in [1.54, 1.807) is 38.1 Å². The lowest BCUT2D eigenvalue weighted by atomic mass is 10.1. The second-order valence-electron chi connectivity index (χ2n) is 4.24. The number of benzene rings is 1. The van der Waals surface area contributed by atoms with E-state index >= 15 is 0 Å². The molecular formula is C13H13NO4. The monoisotopic (exact) mass is 247 g/mol. The summed E-state index contributed by atoms with van der Waals surface area (Å²) in [5.41, 5.74) is -0.688. The molecule has 5 heteroatoms. The van der Waals surface area contributed by atoms with Gasteiger partial charge in [-0.3, -0.25) is 4.79 Å². The van der Waals surface area contributed by atoms with Crippen LogP contribution in [0.25, 0.3) is 11.0 Å². The average molecular weight is 247 g/mol. The summed E-state index contributed by atoms with van der Waals surface area (Å²) in [6, 6.07) is 6.48. The molecule has 5 nitrogen and oxygen atoms in total. The minimum atomic E-state index is -0.914. The lowest BCUT2D eigenvalue weighted by molar-refractivity contribution is 0.0941. The van der Waals surface area contributed by atoms with Crippen molar-refractivity contribution in [2.45, 2.75) is 19.9 Å². The van der Waals surface area contributed by atoms with Crippen molar-refractivity contribution in [2.24, 2.45) is 0 Å². The van der Waals surface area contributed by atoms with Crippen molar-refractivity contribution in [2.75, 3.05) is 0 Å². The van der Waals surface area contributed by atoms with E-state index in [0.29, 0.717) is 5.39 Å². The van der Waals surface area contributed by atoms with E-state index in [2.05, 4.69) is 5.32 Å². The summed E-state index contributed by atoms with van der Waals surface area (Å²) in [4.78, 5) is 23.4. The molecule has 0 aliphatic heterocycles. The zero-order valence-corrected chi connectivity index (χ0v) is 10.1. The number of hydrogen-bond acceptors (Lipinski definition) is 4. The Bertz CT molecular complexity index is 658. The van der Waals surface area contributed by atoms with E-state index in [9.17, 15) is 14.7 Å². The number of carbonyl (C=O) groups is 1. The summed E-state index contributed by atoms with van der Waals surface area (Å²) < 4.78 is 4.90. The van der Waals surface area contributed by atoms with Crippen molar-refractivity contribution < 1.29 is 14.3 Å². The van der Waals surface area contributed by atoms with E-state index in [4.69, 9.17) is 4.42 Å². The molecule has 1 aromatic heterocycles. The van der Waals surface area contributed by atoms with Gasteiger partial charge in [0.25, 0.3) is 5.91 Å². The number of rotatable bonds is 2. The standard InChI is InChI=1S/C13H13NO4/c1-7(2)14-12(16)10-8-5-3-4-6-9(8)18-13(17)11(10)15/h3-7,15H,1-2H3,(H,14,16). The van der Waals surface area contributed by atoms with Gasteiger partial charge in [0, 0.05) is 11.4 Å². The highest BCUT2D eigenvalue weighted by Gasteiger charge is 2.20. The number of hydrogen-bond donors (Lipinski definition) is 2. The quantitative estimate of drug-likeness (QED) is 0.790. The lowest BCUT2D eigenvalue weighted by Crippen LogP contribution is -2.31. The molecule has 0 aliphatic carbocycles. The molecule has 0 saturated carbocycles. The molecular weight excluding hydrogens is 234 g/mol. The fourth-order valence-electron chi connectivity index (χ4n) is 1.70. The summed E-state index contributed by atoms with van der Waals surface area (Å²) in [5, 5.41) is 12.8. The number of amides is 1. The highest BCUT2D eigenvalue weighted by Crippen LogP contribution is 2.23. The number of para-hydroxylation sites is 1. The first-order chi connectivity index (χ1) is 8.50. The van der Waals surface area contributed by atoms with Crippen LogP contribution in [0.5, 0.6) is 5.75 Å². The number of aromatic hydroxyl groups is 1. The third-order valence-electron chi connectivity index (χ3n) is 2.44. The smallest absolute Gasteiger partial charge is 0.379 e. The van der Waals surface area contributed by atoms with Crippen LogP contribution >= 0.6 is 0 Å². The molecule has 0 spiro atoms. The molecule has 0 atom stereocenters. The Hall–Kier alpha value is -2.30. The zero-order chi connectivity index (χ0) is 13.3. The maximum atomic E-state index is 12.0. The fraction of sp³-hybridized carbons (Fsp3) is 0.231. The molecule has 0 unspecified atom stereocenters. The Morgan fingerprint density at radius 2 is 2.00 bits per heavy atom. The predicted octanol–water partition coefficient (Wildman–Crippen LogP) is 1.64. The zero-order valence-electron chi connectivity index (χ0n) is 10.1. The van der Waals surface area contributed by atoms with Gasteiger partial charge in [0.1, 0.15) is 5.58 Å². The SMILES string of the molecule is CC(C)NC(=O)c1c(O)c(=O)oc2ccccc12. The topological polar surface area (TPSA) is 79.5 Å². The van der Waals surface area contributed by atoms with E-state index < -0.39 is 17.3 Å². The van der Waals surface area contributed by atoms with E-state index in [1.165, 1.54) is 0 Å². The van der Waals surface area contributed by atoms with Crippen molar-refractivity contribution in [3.63, 3.8) is 0 Å². The third kappa shape index (κ3) is 2.07. The van der Waals surface area contributed by atoms with E-state index in [0.717, 1.165) is 0 Å². The van der Waals surface area contributed by atoms with Crippen LogP contribution in [0.4, 0.5) is 0 Å². The van der Waals surface area contributed by atoms with Gasteiger partial charge in [0.2, 0.25) is 5.75 Å². The average Bonchev–Trinajstić information content (AvgIpc) is 2.29. The van der Waals surface area contributed by atoms with Gasteiger partial charge in [-0.1, -0.05) is 18.2 Å². The molecule has 0 bridgehead atoms. The second kappa shape index (κ2) is 4.52. The van der Waals surface area contributed by atoms with Crippen LogP contribution in [0.2, 0.25) is 0 Å². The van der Waals surface area contributed by atoms with Gasteiger partial charge < -0.3 is 14.8 Å².